The second kappa shape index (κ2) is 8.80. The first-order valence-electron chi connectivity index (χ1n) is 6.05. The Labute approximate surface area is 87.3 Å². The molecule has 0 aromatic carbocycles. The van der Waals surface area contributed by atoms with Gasteiger partial charge in [-0.1, -0.05) is 77.3 Å². The molecule has 1 heteroatoms. The predicted molar refractivity (Wildman–Crippen MR) is 65.0 cm³/mol. The summed E-state index contributed by atoms with van der Waals surface area (Å²) in [4.78, 5) is 0. The summed E-state index contributed by atoms with van der Waals surface area (Å²) in [6, 6.07) is 0. The van der Waals surface area contributed by atoms with Crippen molar-refractivity contribution < 1.29 is 0 Å². The Morgan fingerprint density at radius 2 is 1.23 bits per heavy atom. The minimum Gasteiger partial charge on any atom is -0.0654 e. The van der Waals surface area contributed by atoms with E-state index in [1.54, 1.807) is 0 Å². The van der Waals surface area contributed by atoms with Gasteiger partial charge >= 0.3 is 0 Å². The van der Waals surface area contributed by atoms with E-state index < -0.39 is 0 Å². The van der Waals surface area contributed by atoms with E-state index in [9.17, 15) is 0 Å². The molecule has 0 aliphatic rings. The summed E-state index contributed by atoms with van der Waals surface area (Å²) in [6.07, 6.45) is 8.56. The molecule has 2 atom stereocenters. The second-order valence-corrected chi connectivity index (χ2v) is 7.09. The summed E-state index contributed by atoms with van der Waals surface area (Å²) in [5, 5.41) is 0. The molecule has 0 spiro atoms. The summed E-state index contributed by atoms with van der Waals surface area (Å²) >= 11 is 0. The van der Waals surface area contributed by atoms with Crippen molar-refractivity contribution in [3.63, 3.8) is 0 Å². The lowest BCUT2D eigenvalue weighted by Gasteiger charge is -2.15. The van der Waals surface area contributed by atoms with Crippen LogP contribution in [0.25, 0.3) is 0 Å². The van der Waals surface area contributed by atoms with Crippen molar-refractivity contribution in [3.8, 4) is 0 Å². The van der Waals surface area contributed by atoms with Gasteiger partial charge in [0.25, 0.3) is 0 Å². The number of unbranched alkanes of at least 4 members (excludes halogenated alkanes) is 2. The van der Waals surface area contributed by atoms with Crippen molar-refractivity contribution in [2.75, 3.05) is 0 Å². The van der Waals surface area contributed by atoms with Crippen molar-refractivity contribution in [2.24, 2.45) is 0 Å². The lowest BCUT2D eigenvalue weighted by molar-refractivity contribution is 0.661. The molecule has 1 radical (unpaired) electrons. The quantitative estimate of drug-likeness (QED) is 0.508. The molecular weight excluding hydrogens is 172 g/mol. The van der Waals surface area contributed by atoms with Gasteiger partial charge in [0.1, 0.15) is 0 Å². The van der Waals surface area contributed by atoms with Gasteiger partial charge in [-0.2, -0.15) is 0 Å². The highest BCUT2D eigenvalue weighted by Crippen LogP contribution is 2.21. The summed E-state index contributed by atoms with van der Waals surface area (Å²) in [5.74, 6) is 0. The van der Waals surface area contributed by atoms with E-state index >= 15 is 0 Å². The van der Waals surface area contributed by atoms with E-state index in [-0.39, 0.29) is 0 Å². The monoisotopic (exact) mass is 199 g/mol. The Balaban J connectivity index is 3.35. The fourth-order valence-corrected chi connectivity index (χ4v) is 3.78. The Morgan fingerprint density at radius 1 is 0.846 bits per heavy atom. The third-order valence-electron chi connectivity index (χ3n) is 2.68. The fraction of sp³-hybridized carbons (Fsp3) is 1.00. The topological polar surface area (TPSA) is 0 Å². The van der Waals surface area contributed by atoms with Crippen molar-refractivity contribution in [2.45, 2.75) is 77.3 Å². The minimum absolute atomic E-state index is 0.709. The standard InChI is InChI=1S/C12H27Si/c1-5-7-9-11(3)13-12(4)10-8-6-2/h11-13H,5-10H2,1-4H3. The van der Waals surface area contributed by atoms with Gasteiger partial charge < -0.3 is 0 Å². The highest BCUT2D eigenvalue weighted by Gasteiger charge is 2.08. The zero-order valence-electron chi connectivity index (χ0n) is 9.97. The van der Waals surface area contributed by atoms with Crippen LogP contribution >= 0.6 is 0 Å². The third kappa shape index (κ3) is 8.54. The molecule has 0 heterocycles. The van der Waals surface area contributed by atoms with E-state index in [4.69, 9.17) is 0 Å². The van der Waals surface area contributed by atoms with Crippen molar-refractivity contribution in [1.29, 1.82) is 0 Å². The van der Waals surface area contributed by atoms with Crippen LogP contribution in [0.5, 0.6) is 0 Å². The van der Waals surface area contributed by atoms with E-state index in [1.807, 2.05) is 0 Å². The van der Waals surface area contributed by atoms with Gasteiger partial charge in [0.05, 0.1) is 0 Å². The second-order valence-electron chi connectivity index (χ2n) is 4.43. The number of rotatable bonds is 8. The molecule has 0 aromatic rings. The normalized spacial score (nSPS) is 15.7. The Morgan fingerprint density at radius 3 is 1.54 bits per heavy atom. The van der Waals surface area contributed by atoms with Crippen molar-refractivity contribution in [3.05, 3.63) is 0 Å². The smallest absolute Gasteiger partial charge is 0.0341 e. The van der Waals surface area contributed by atoms with Crippen LogP contribution in [0.2, 0.25) is 11.1 Å². The molecule has 13 heavy (non-hydrogen) atoms. The number of hydrogen-bond acceptors (Lipinski definition) is 0. The molecule has 0 nitrogen and oxygen atoms in total. The van der Waals surface area contributed by atoms with Crippen molar-refractivity contribution >= 4 is 9.52 Å². The first-order chi connectivity index (χ1) is 6.20. The van der Waals surface area contributed by atoms with Crippen LogP contribution in [0, 0.1) is 0 Å². The van der Waals surface area contributed by atoms with Crippen LogP contribution in [-0.4, -0.2) is 9.52 Å². The Bertz CT molecular complexity index is 89.3. The van der Waals surface area contributed by atoms with Gasteiger partial charge in [0, 0.05) is 9.52 Å². The Kier molecular flexibility index (Phi) is 8.95. The van der Waals surface area contributed by atoms with Gasteiger partial charge in [-0.3, -0.25) is 0 Å². The van der Waals surface area contributed by atoms with E-state index in [0.29, 0.717) is 9.52 Å². The first-order valence-corrected chi connectivity index (χ1v) is 7.39. The van der Waals surface area contributed by atoms with Crippen LogP contribution in [0.4, 0.5) is 0 Å². The maximum Gasteiger partial charge on any atom is 0.0341 e. The average Bonchev–Trinajstić information content (AvgIpc) is 2.11. The molecule has 0 rings (SSSR count). The largest absolute Gasteiger partial charge is 0.0654 e. The molecule has 0 aliphatic carbocycles. The highest BCUT2D eigenvalue weighted by molar-refractivity contribution is 6.39. The van der Waals surface area contributed by atoms with Gasteiger partial charge in [0.15, 0.2) is 0 Å². The molecule has 0 amide bonds. The molecular formula is C12H27Si. The first kappa shape index (κ1) is 13.2. The summed E-state index contributed by atoms with van der Waals surface area (Å²) in [5.41, 5.74) is 2.07. The average molecular weight is 199 g/mol. The van der Waals surface area contributed by atoms with Crippen molar-refractivity contribution in [1.82, 2.24) is 0 Å². The lowest BCUT2D eigenvalue weighted by Crippen LogP contribution is -2.06. The van der Waals surface area contributed by atoms with Crippen LogP contribution in [0.3, 0.4) is 0 Å². The molecule has 0 saturated heterocycles. The summed E-state index contributed by atoms with van der Waals surface area (Å²) in [7, 11) is 0.709. The third-order valence-corrected chi connectivity index (χ3v) is 4.66. The molecule has 0 bridgehead atoms. The van der Waals surface area contributed by atoms with E-state index in [2.05, 4.69) is 27.7 Å². The maximum absolute atomic E-state index is 2.45. The van der Waals surface area contributed by atoms with Gasteiger partial charge in [-0.25, -0.2) is 0 Å². The van der Waals surface area contributed by atoms with E-state index in [0.717, 1.165) is 11.1 Å². The Hall–Kier alpha value is 0.217. The molecule has 2 unspecified atom stereocenters. The van der Waals surface area contributed by atoms with Crippen LogP contribution in [-0.2, 0) is 0 Å². The maximum atomic E-state index is 2.45. The van der Waals surface area contributed by atoms with Crippen LogP contribution in [0.1, 0.15) is 66.2 Å². The minimum atomic E-state index is 0.709. The van der Waals surface area contributed by atoms with Gasteiger partial charge in [-0.15, -0.1) is 0 Å². The summed E-state index contributed by atoms with van der Waals surface area (Å²) in [6.45, 7) is 9.49. The summed E-state index contributed by atoms with van der Waals surface area (Å²) < 4.78 is 0. The lowest BCUT2D eigenvalue weighted by atomic mass is 10.2. The number of hydrogen-bond donors (Lipinski definition) is 0. The molecule has 79 valence electrons. The fourth-order valence-electron chi connectivity index (χ4n) is 1.81. The molecule has 0 N–H and O–H groups in total. The molecule has 0 fully saturated rings. The predicted octanol–water partition coefficient (Wildman–Crippen LogP) is 4.42. The van der Waals surface area contributed by atoms with Gasteiger partial charge in [-0.05, 0) is 0 Å². The highest BCUT2D eigenvalue weighted by atomic mass is 28.2. The van der Waals surface area contributed by atoms with Crippen LogP contribution < -0.4 is 0 Å². The molecule has 0 aromatic heterocycles. The SMILES string of the molecule is CCCCC(C)[SiH]C(C)CCCC. The zero-order valence-corrected chi connectivity index (χ0v) is 11.1. The van der Waals surface area contributed by atoms with Gasteiger partial charge in [0.2, 0.25) is 0 Å². The molecule has 0 saturated carbocycles. The molecule has 0 aliphatic heterocycles. The zero-order chi connectivity index (χ0) is 10.1. The van der Waals surface area contributed by atoms with Crippen LogP contribution in [0.15, 0.2) is 0 Å². The van der Waals surface area contributed by atoms with E-state index in [1.165, 1.54) is 38.5 Å².